The molecule has 0 aromatic heterocycles. The molecule has 1 rings (SSSR count). The average Bonchev–Trinajstić information content (AvgIpc) is 2.13. The molecule has 0 aromatic rings. The van der Waals surface area contributed by atoms with Gasteiger partial charge in [-0.25, -0.2) is 0 Å². The van der Waals surface area contributed by atoms with Crippen LogP contribution in [0.2, 0.25) is 0 Å². The molecular formula is C9H19NOS. The van der Waals surface area contributed by atoms with Gasteiger partial charge in [0, 0.05) is 28.3 Å². The van der Waals surface area contributed by atoms with Crippen LogP contribution in [0.3, 0.4) is 0 Å². The monoisotopic (exact) mass is 189 g/mol. The van der Waals surface area contributed by atoms with Crippen LogP contribution in [0.15, 0.2) is 0 Å². The molecular weight excluding hydrogens is 170 g/mol. The molecule has 0 aliphatic carbocycles. The summed E-state index contributed by atoms with van der Waals surface area (Å²) in [4.78, 5) is 0. The van der Waals surface area contributed by atoms with Crippen molar-refractivity contribution in [3.63, 3.8) is 0 Å². The van der Waals surface area contributed by atoms with Gasteiger partial charge in [-0.15, -0.1) is 0 Å². The van der Waals surface area contributed by atoms with E-state index < -0.39 is 10.8 Å². The van der Waals surface area contributed by atoms with Crippen molar-refractivity contribution in [1.82, 2.24) is 5.32 Å². The summed E-state index contributed by atoms with van der Waals surface area (Å²) in [6.07, 6.45) is 2.35. The Kier molecular flexibility index (Phi) is 4.22. The van der Waals surface area contributed by atoms with Gasteiger partial charge in [0.1, 0.15) is 0 Å². The zero-order valence-electron chi connectivity index (χ0n) is 8.01. The highest BCUT2D eigenvalue weighted by Crippen LogP contribution is 2.08. The lowest BCUT2D eigenvalue weighted by atomic mass is 10.1. The van der Waals surface area contributed by atoms with Crippen LogP contribution < -0.4 is 5.32 Å². The van der Waals surface area contributed by atoms with Crippen LogP contribution in [-0.2, 0) is 10.8 Å². The van der Waals surface area contributed by atoms with Gasteiger partial charge in [0.2, 0.25) is 0 Å². The first-order valence-electron chi connectivity index (χ1n) is 4.80. The van der Waals surface area contributed by atoms with Gasteiger partial charge in [-0.3, -0.25) is 4.21 Å². The number of nitrogens with one attached hydrogen (secondary N) is 1. The van der Waals surface area contributed by atoms with E-state index in [2.05, 4.69) is 19.2 Å². The molecule has 3 heteroatoms. The third-order valence-electron chi connectivity index (χ3n) is 2.25. The lowest BCUT2D eigenvalue weighted by molar-refractivity contribution is 0.479. The minimum atomic E-state index is -0.582. The maximum Gasteiger partial charge on any atom is 0.0388 e. The summed E-state index contributed by atoms with van der Waals surface area (Å²) in [6.45, 7) is 5.38. The highest BCUT2D eigenvalue weighted by Gasteiger charge is 2.18. The van der Waals surface area contributed by atoms with Crippen LogP contribution in [-0.4, -0.2) is 28.3 Å². The molecule has 1 aliphatic heterocycles. The minimum Gasteiger partial charge on any atom is -0.313 e. The van der Waals surface area contributed by atoms with Gasteiger partial charge in [-0.2, -0.15) is 0 Å². The van der Waals surface area contributed by atoms with Crippen molar-refractivity contribution in [2.24, 2.45) is 5.92 Å². The van der Waals surface area contributed by atoms with E-state index >= 15 is 0 Å². The molecule has 0 spiro atoms. The zero-order chi connectivity index (χ0) is 8.97. The quantitative estimate of drug-likeness (QED) is 0.706. The van der Waals surface area contributed by atoms with E-state index in [1.54, 1.807) is 0 Å². The molecule has 0 radical (unpaired) electrons. The standard InChI is InChI=1S/C9H19NOS/c1-3-4-9-7-12(11)6-8(2)5-10-9/h8-10H,3-7H2,1-2H3. The minimum absolute atomic E-state index is 0.501. The predicted molar refractivity (Wildman–Crippen MR) is 53.7 cm³/mol. The van der Waals surface area contributed by atoms with E-state index in [1.165, 1.54) is 12.8 Å². The van der Waals surface area contributed by atoms with Crippen LogP contribution in [0.5, 0.6) is 0 Å². The maximum atomic E-state index is 11.4. The van der Waals surface area contributed by atoms with Crippen molar-refractivity contribution < 1.29 is 4.21 Å². The molecule has 0 aromatic carbocycles. The van der Waals surface area contributed by atoms with Crippen molar-refractivity contribution in [1.29, 1.82) is 0 Å². The van der Waals surface area contributed by atoms with Gasteiger partial charge < -0.3 is 5.32 Å². The zero-order valence-corrected chi connectivity index (χ0v) is 8.82. The van der Waals surface area contributed by atoms with Crippen molar-refractivity contribution in [2.45, 2.75) is 32.7 Å². The van der Waals surface area contributed by atoms with E-state index in [1.807, 2.05) is 0 Å². The van der Waals surface area contributed by atoms with E-state index in [-0.39, 0.29) is 0 Å². The molecule has 72 valence electrons. The Morgan fingerprint density at radius 3 is 2.92 bits per heavy atom. The summed E-state index contributed by atoms with van der Waals surface area (Å²) in [5.74, 6) is 2.32. The van der Waals surface area contributed by atoms with E-state index in [9.17, 15) is 4.21 Å². The molecule has 0 saturated carbocycles. The Morgan fingerprint density at radius 1 is 1.50 bits per heavy atom. The van der Waals surface area contributed by atoms with Crippen LogP contribution in [0, 0.1) is 5.92 Å². The number of hydrogen-bond acceptors (Lipinski definition) is 2. The fourth-order valence-electron chi connectivity index (χ4n) is 1.63. The van der Waals surface area contributed by atoms with Gasteiger partial charge in [0.25, 0.3) is 0 Å². The van der Waals surface area contributed by atoms with Crippen molar-refractivity contribution in [2.75, 3.05) is 18.1 Å². The van der Waals surface area contributed by atoms with Crippen molar-refractivity contribution in [3.8, 4) is 0 Å². The topological polar surface area (TPSA) is 29.1 Å². The molecule has 1 aliphatic rings. The summed E-state index contributed by atoms with van der Waals surface area (Å²) in [7, 11) is -0.582. The average molecular weight is 189 g/mol. The summed E-state index contributed by atoms with van der Waals surface area (Å²) in [6, 6.07) is 0.501. The van der Waals surface area contributed by atoms with Crippen LogP contribution in [0.1, 0.15) is 26.7 Å². The Hall–Kier alpha value is 0.110. The number of hydrogen-bond donors (Lipinski definition) is 1. The van der Waals surface area contributed by atoms with Gasteiger partial charge in [0.15, 0.2) is 0 Å². The molecule has 12 heavy (non-hydrogen) atoms. The predicted octanol–water partition coefficient (Wildman–Crippen LogP) is 1.14. The van der Waals surface area contributed by atoms with Crippen molar-refractivity contribution in [3.05, 3.63) is 0 Å². The van der Waals surface area contributed by atoms with Gasteiger partial charge in [-0.1, -0.05) is 20.3 Å². The molecule has 3 atom stereocenters. The largest absolute Gasteiger partial charge is 0.313 e. The first kappa shape index (κ1) is 10.2. The molecule has 1 fully saturated rings. The first-order valence-corrected chi connectivity index (χ1v) is 6.29. The molecule has 1 heterocycles. The van der Waals surface area contributed by atoms with Crippen molar-refractivity contribution >= 4 is 10.8 Å². The Bertz CT molecular complexity index is 161. The van der Waals surface area contributed by atoms with E-state index in [0.29, 0.717) is 12.0 Å². The summed E-state index contributed by atoms with van der Waals surface area (Å²) in [5, 5.41) is 3.47. The third kappa shape index (κ3) is 3.23. The summed E-state index contributed by atoms with van der Waals surface area (Å²) >= 11 is 0. The molecule has 0 bridgehead atoms. The second-order valence-electron chi connectivity index (χ2n) is 3.77. The fourth-order valence-corrected chi connectivity index (χ4v) is 3.25. The van der Waals surface area contributed by atoms with Crippen LogP contribution in [0.4, 0.5) is 0 Å². The van der Waals surface area contributed by atoms with Crippen LogP contribution >= 0.6 is 0 Å². The molecule has 1 saturated heterocycles. The Balaban J connectivity index is 2.41. The molecule has 1 N–H and O–H groups in total. The molecule has 2 nitrogen and oxygen atoms in total. The first-order chi connectivity index (χ1) is 5.72. The molecule has 0 amide bonds. The highest BCUT2D eigenvalue weighted by molar-refractivity contribution is 7.85. The number of rotatable bonds is 2. The third-order valence-corrected chi connectivity index (χ3v) is 3.96. The molecule has 3 unspecified atom stereocenters. The summed E-state index contributed by atoms with van der Waals surface area (Å²) in [5.41, 5.74) is 0. The highest BCUT2D eigenvalue weighted by atomic mass is 32.2. The van der Waals surface area contributed by atoms with Gasteiger partial charge in [-0.05, 0) is 18.9 Å². The Morgan fingerprint density at radius 2 is 2.25 bits per heavy atom. The Labute approximate surface area is 77.6 Å². The van der Waals surface area contributed by atoms with E-state index in [0.717, 1.165) is 18.1 Å². The smallest absolute Gasteiger partial charge is 0.0388 e. The van der Waals surface area contributed by atoms with Gasteiger partial charge in [0.05, 0.1) is 0 Å². The summed E-state index contributed by atoms with van der Waals surface area (Å²) < 4.78 is 11.4. The lowest BCUT2D eigenvalue weighted by Gasteiger charge is -2.13. The van der Waals surface area contributed by atoms with Crippen LogP contribution in [0.25, 0.3) is 0 Å². The normalized spacial score (nSPS) is 37.7. The second kappa shape index (κ2) is 4.97. The van der Waals surface area contributed by atoms with Gasteiger partial charge >= 0.3 is 0 Å². The lowest BCUT2D eigenvalue weighted by Crippen LogP contribution is -2.33. The SMILES string of the molecule is CCCC1CS(=O)CC(C)CN1. The second-order valence-corrected chi connectivity index (χ2v) is 5.32. The van der Waals surface area contributed by atoms with E-state index in [4.69, 9.17) is 0 Å². The fraction of sp³-hybridized carbons (Fsp3) is 1.00. The maximum absolute atomic E-state index is 11.4.